The maximum Gasteiger partial charge on any atom is 0.355 e. The number of carbonyl (C=O) groups is 1. The van der Waals surface area contributed by atoms with E-state index in [1.165, 1.54) is 22.9 Å². The number of carboxylic acid groups (broad SMARTS) is 1. The van der Waals surface area contributed by atoms with Crippen molar-refractivity contribution >= 4 is 27.3 Å². The summed E-state index contributed by atoms with van der Waals surface area (Å²) in [5, 5.41) is 10.8. The smallest absolute Gasteiger partial charge is 0.355 e. The fourth-order valence-electron chi connectivity index (χ4n) is 1.82. The number of rotatable bonds is 7. The zero-order chi connectivity index (χ0) is 16.3. The molecule has 0 aromatic carbocycles. The Bertz CT molecular complexity index is 779. The predicted molar refractivity (Wildman–Crippen MR) is 80.6 cm³/mol. The first-order valence-corrected chi connectivity index (χ1v) is 8.91. The Kier molecular flexibility index (Phi) is 4.94. The largest absolute Gasteiger partial charge is 0.476 e. The highest BCUT2D eigenvalue weighted by atomic mass is 32.2. The van der Waals surface area contributed by atoms with Gasteiger partial charge in [-0.15, -0.1) is 11.3 Å². The molecule has 0 saturated carbocycles. The quantitative estimate of drug-likeness (QED) is 0.771. The van der Waals surface area contributed by atoms with Crippen LogP contribution in [-0.4, -0.2) is 40.6 Å². The minimum atomic E-state index is -3.67. The fraction of sp³-hybridized carbons (Fsp3) is 0.417. The van der Waals surface area contributed by atoms with Crippen LogP contribution in [0, 0.1) is 6.92 Å². The summed E-state index contributed by atoms with van der Waals surface area (Å²) in [4.78, 5) is 18.6. The Morgan fingerprint density at radius 1 is 1.45 bits per heavy atom. The van der Waals surface area contributed by atoms with Crippen molar-refractivity contribution in [3.05, 3.63) is 28.1 Å². The topological polar surface area (TPSA) is 114 Å². The van der Waals surface area contributed by atoms with Crippen molar-refractivity contribution in [2.45, 2.75) is 31.8 Å². The first-order chi connectivity index (χ1) is 10.3. The average Bonchev–Trinajstić information content (AvgIpc) is 3.05. The maximum absolute atomic E-state index is 12.1. The normalized spacial score (nSPS) is 11.7. The summed E-state index contributed by atoms with van der Waals surface area (Å²) in [7, 11) is -3.67. The van der Waals surface area contributed by atoms with Crippen LogP contribution in [0.25, 0.3) is 0 Å². The monoisotopic (exact) mass is 344 g/mol. The lowest BCUT2D eigenvalue weighted by molar-refractivity contribution is 0.0691. The summed E-state index contributed by atoms with van der Waals surface area (Å²) in [6.45, 7) is 4.42. The van der Waals surface area contributed by atoms with E-state index in [2.05, 4.69) is 14.7 Å². The molecule has 2 heterocycles. The molecular formula is C12H16N4O4S2. The predicted octanol–water partition coefficient (Wildman–Crippen LogP) is 0.887. The molecule has 0 saturated heterocycles. The van der Waals surface area contributed by atoms with E-state index in [1.807, 2.05) is 6.92 Å². The molecule has 0 radical (unpaired) electrons. The lowest BCUT2D eigenvalue weighted by atomic mass is 10.4. The van der Waals surface area contributed by atoms with Crippen molar-refractivity contribution in [3.8, 4) is 0 Å². The van der Waals surface area contributed by atoms with Gasteiger partial charge in [0.1, 0.15) is 5.82 Å². The van der Waals surface area contributed by atoms with Crippen LogP contribution in [0.3, 0.4) is 0 Å². The van der Waals surface area contributed by atoms with Gasteiger partial charge in [-0.25, -0.2) is 27.9 Å². The van der Waals surface area contributed by atoms with Crippen molar-refractivity contribution in [1.82, 2.24) is 19.3 Å². The molecule has 0 aliphatic rings. The highest BCUT2D eigenvalue weighted by Crippen LogP contribution is 2.11. The van der Waals surface area contributed by atoms with Gasteiger partial charge in [0.05, 0.1) is 5.01 Å². The standard InChI is InChI=1S/C12H16N4O4S2/c1-3-16-6-11(14-8(16)2)22(19,20)13-5-4-10-15-9(7-21-10)12(17)18/h6-7,13H,3-5H2,1-2H3,(H,17,18). The van der Waals surface area contributed by atoms with Crippen LogP contribution in [0.2, 0.25) is 0 Å². The van der Waals surface area contributed by atoms with Gasteiger partial charge in [0.25, 0.3) is 10.0 Å². The highest BCUT2D eigenvalue weighted by Gasteiger charge is 2.18. The van der Waals surface area contributed by atoms with Crippen LogP contribution >= 0.6 is 11.3 Å². The molecule has 2 N–H and O–H groups in total. The number of imidazole rings is 1. The van der Waals surface area contributed by atoms with E-state index in [1.54, 1.807) is 11.5 Å². The van der Waals surface area contributed by atoms with Gasteiger partial charge in [-0.05, 0) is 13.8 Å². The molecule has 0 amide bonds. The number of hydrogen-bond acceptors (Lipinski definition) is 6. The van der Waals surface area contributed by atoms with Crippen LogP contribution in [0.1, 0.15) is 28.2 Å². The number of hydrogen-bond donors (Lipinski definition) is 2. The fourth-order valence-corrected chi connectivity index (χ4v) is 3.63. The molecule has 2 aromatic heterocycles. The molecule has 8 nitrogen and oxygen atoms in total. The molecule has 0 unspecified atom stereocenters. The minimum Gasteiger partial charge on any atom is -0.476 e. The average molecular weight is 344 g/mol. The number of aromatic carboxylic acids is 1. The van der Waals surface area contributed by atoms with Gasteiger partial charge >= 0.3 is 5.97 Å². The summed E-state index contributed by atoms with van der Waals surface area (Å²) in [6, 6.07) is 0. The molecule has 10 heteroatoms. The zero-order valence-electron chi connectivity index (χ0n) is 12.1. The Hall–Kier alpha value is -1.78. The third-order valence-corrected chi connectivity index (χ3v) is 5.21. The highest BCUT2D eigenvalue weighted by molar-refractivity contribution is 7.89. The first kappa shape index (κ1) is 16.6. The second-order valence-corrected chi connectivity index (χ2v) is 7.15. The summed E-state index contributed by atoms with van der Waals surface area (Å²) < 4.78 is 28.4. The second kappa shape index (κ2) is 6.55. The van der Waals surface area contributed by atoms with Crippen LogP contribution < -0.4 is 4.72 Å². The molecule has 0 bridgehead atoms. The van der Waals surface area contributed by atoms with Crippen LogP contribution in [-0.2, 0) is 23.0 Å². The molecular weight excluding hydrogens is 328 g/mol. The van der Waals surface area contributed by atoms with Gasteiger partial charge in [-0.3, -0.25) is 0 Å². The number of thiazole rings is 1. The van der Waals surface area contributed by atoms with Crippen molar-refractivity contribution in [3.63, 3.8) is 0 Å². The molecule has 0 fully saturated rings. The Morgan fingerprint density at radius 2 is 2.18 bits per heavy atom. The van der Waals surface area contributed by atoms with Gasteiger partial charge in [0.2, 0.25) is 0 Å². The third-order valence-electron chi connectivity index (χ3n) is 2.97. The number of nitrogens with one attached hydrogen (secondary N) is 1. The van der Waals surface area contributed by atoms with Crippen LogP contribution in [0.4, 0.5) is 0 Å². The van der Waals surface area contributed by atoms with Crippen LogP contribution in [0.5, 0.6) is 0 Å². The van der Waals surface area contributed by atoms with Gasteiger partial charge in [-0.2, -0.15) is 0 Å². The van der Waals surface area contributed by atoms with Crippen molar-refractivity contribution in [2.75, 3.05) is 6.54 Å². The molecule has 0 aliphatic heterocycles. The SMILES string of the molecule is CCn1cc(S(=O)(=O)NCCc2nc(C(=O)O)cs2)nc1C. The summed E-state index contributed by atoms with van der Waals surface area (Å²) in [5.41, 5.74) is -0.0276. The number of aryl methyl sites for hydroxylation is 2. The third kappa shape index (κ3) is 3.70. The lowest BCUT2D eigenvalue weighted by Crippen LogP contribution is -2.26. The van der Waals surface area contributed by atoms with E-state index < -0.39 is 16.0 Å². The zero-order valence-corrected chi connectivity index (χ0v) is 13.7. The van der Waals surface area contributed by atoms with E-state index in [4.69, 9.17) is 5.11 Å². The minimum absolute atomic E-state index is 0.0165. The second-order valence-electron chi connectivity index (χ2n) is 4.49. The molecule has 2 aromatic rings. The van der Waals surface area contributed by atoms with Gasteiger partial charge in [-0.1, -0.05) is 0 Å². The summed E-state index contributed by atoms with van der Waals surface area (Å²) in [5.74, 6) is -0.461. The first-order valence-electron chi connectivity index (χ1n) is 6.54. The number of carboxylic acids is 1. The molecule has 0 aliphatic carbocycles. The van der Waals surface area contributed by atoms with Gasteiger partial charge in [0, 0.05) is 31.1 Å². The van der Waals surface area contributed by atoms with Crippen molar-refractivity contribution in [1.29, 1.82) is 0 Å². The molecule has 2 rings (SSSR count). The van der Waals surface area contributed by atoms with Gasteiger partial charge < -0.3 is 9.67 Å². The number of nitrogens with zero attached hydrogens (tertiary/aromatic N) is 3. The molecule has 0 atom stereocenters. The molecule has 0 spiro atoms. The number of aromatic nitrogens is 3. The molecule has 22 heavy (non-hydrogen) atoms. The Balaban J connectivity index is 1.98. The van der Waals surface area contributed by atoms with E-state index in [0.717, 1.165) is 0 Å². The lowest BCUT2D eigenvalue weighted by Gasteiger charge is -2.02. The Morgan fingerprint density at radius 3 is 2.73 bits per heavy atom. The molecule has 120 valence electrons. The number of sulfonamides is 1. The van der Waals surface area contributed by atoms with E-state index in [-0.39, 0.29) is 17.3 Å². The van der Waals surface area contributed by atoms with Gasteiger partial charge in [0.15, 0.2) is 10.7 Å². The summed E-state index contributed by atoms with van der Waals surface area (Å²) >= 11 is 1.19. The summed E-state index contributed by atoms with van der Waals surface area (Å²) in [6.07, 6.45) is 1.81. The maximum atomic E-state index is 12.1. The van der Waals surface area contributed by atoms with Crippen molar-refractivity contribution < 1.29 is 18.3 Å². The van der Waals surface area contributed by atoms with Crippen LogP contribution in [0.15, 0.2) is 16.6 Å². The Labute approximate surface area is 131 Å². The van der Waals surface area contributed by atoms with E-state index >= 15 is 0 Å². The van der Waals surface area contributed by atoms with E-state index in [0.29, 0.717) is 23.8 Å². The van der Waals surface area contributed by atoms with E-state index in [9.17, 15) is 13.2 Å². The van der Waals surface area contributed by atoms with Crippen molar-refractivity contribution in [2.24, 2.45) is 0 Å².